The van der Waals surface area contributed by atoms with Crippen LogP contribution in [0.2, 0.25) is 0 Å². The van der Waals surface area contributed by atoms with Crippen molar-refractivity contribution in [3.05, 3.63) is 0 Å². The van der Waals surface area contributed by atoms with Crippen molar-refractivity contribution in [2.24, 2.45) is 17.8 Å². The Kier molecular flexibility index (Phi) is 1.27. The average Bonchev–Trinajstić information content (AvgIpc) is 2.95. The van der Waals surface area contributed by atoms with Crippen molar-refractivity contribution in [2.45, 2.75) is 43.3 Å². The molecule has 0 aromatic rings. The van der Waals surface area contributed by atoms with Crippen LogP contribution in [-0.2, 0) is 9.47 Å². The Labute approximate surface area is 85.0 Å². The van der Waals surface area contributed by atoms with Crippen LogP contribution in [-0.4, -0.2) is 24.9 Å². The summed E-state index contributed by atoms with van der Waals surface area (Å²) in [5.41, 5.74) is 0.604. The molecule has 2 nitrogen and oxygen atoms in total. The fraction of sp³-hybridized carbons (Fsp3) is 1.00. The molecule has 5 atom stereocenters. The summed E-state index contributed by atoms with van der Waals surface area (Å²) in [5, 5.41) is 0. The summed E-state index contributed by atoms with van der Waals surface area (Å²) in [6, 6.07) is 0. The molecular formula is C12H18O2. The first-order valence-electron chi connectivity index (χ1n) is 5.95. The molecule has 0 N–H and O–H groups in total. The predicted molar refractivity (Wildman–Crippen MR) is 52.0 cm³/mol. The molecule has 0 radical (unpaired) electrons. The second-order valence-electron chi connectivity index (χ2n) is 5.97. The molecule has 4 bridgehead atoms. The van der Waals surface area contributed by atoms with Gasteiger partial charge in [-0.2, -0.15) is 0 Å². The van der Waals surface area contributed by atoms with Gasteiger partial charge in [-0.15, -0.1) is 0 Å². The molecule has 1 aliphatic heterocycles. The van der Waals surface area contributed by atoms with Gasteiger partial charge in [0.05, 0.1) is 17.8 Å². The van der Waals surface area contributed by atoms with Gasteiger partial charge in [0, 0.05) is 7.11 Å². The molecule has 0 amide bonds. The van der Waals surface area contributed by atoms with Crippen molar-refractivity contribution >= 4 is 0 Å². The van der Waals surface area contributed by atoms with E-state index in [1.807, 2.05) is 7.11 Å². The van der Waals surface area contributed by atoms with E-state index >= 15 is 0 Å². The number of hydrogen-bond acceptors (Lipinski definition) is 2. The number of methoxy groups -OCH3 is 1. The zero-order chi connectivity index (χ0) is 9.39. The summed E-state index contributed by atoms with van der Waals surface area (Å²) in [5.74, 6) is 2.60. The maximum atomic E-state index is 5.82. The molecule has 2 heteroatoms. The third kappa shape index (κ3) is 0.772. The van der Waals surface area contributed by atoms with E-state index in [2.05, 4.69) is 0 Å². The molecule has 1 heterocycles. The van der Waals surface area contributed by atoms with Crippen LogP contribution in [0.3, 0.4) is 0 Å². The first-order valence-corrected chi connectivity index (χ1v) is 5.95. The lowest BCUT2D eigenvalue weighted by Gasteiger charge is -2.58. The molecule has 4 saturated carbocycles. The maximum absolute atomic E-state index is 5.82. The summed E-state index contributed by atoms with van der Waals surface area (Å²) in [6.07, 6.45) is 6.71. The Morgan fingerprint density at radius 2 is 1.79 bits per heavy atom. The van der Waals surface area contributed by atoms with Crippen molar-refractivity contribution in [1.29, 1.82) is 0 Å². The van der Waals surface area contributed by atoms with Gasteiger partial charge >= 0.3 is 0 Å². The van der Waals surface area contributed by atoms with Crippen LogP contribution < -0.4 is 0 Å². The van der Waals surface area contributed by atoms with Gasteiger partial charge in [-0.25, -0.2) is 0 Å². The van der Waals surface area contributed by atoms with Crippen molar-refractivity contribution in [3.8, 4) is 0 Å². The zero-order valence-corrected chi connectivity index (χ0v) is 8.79. The summed E-state index contributed by atoms with van der Waals surface area (Å²) in [4.78, 5) is 0. The van der Waals surface area contributed by atoms with Crippen LogP contribution in [0.1, 0.15) is 32.1 Å². The zero-order valence-electron chi connectivity index (χ0n) is 8.79. The quantitative estimate of drug-likeness (QED) is 0.595. The van der Waals surface area contributed by atoms with Gasteiger partial charge in [0.2, 0.25) is 0 Å². The van der Waals surface area contributed by atoms with Gasteiger partial charge < -0.3 is 9.47 Å². The molecule has 5 rings (SSSR count). The van der Waals surface area contributed by atoms with E-state index in [9.17, 15) is 0 Å². The first-order chi connectivity index (χ1) is 6.76. The van der Waals surface area contributed by atoms with Crippen LogP contribution in [0.25, 0.3) is 0 Å². The summed E-state index contributed by atoms with van der Waals surface area (Å²) in [7, 11) is 1.91. The Balaban J connectivity index is 1.75. The minimum atomic E-state index is 0.258. The van der Waals surface area contributed by atoms with E-state index in [4.69, 9.17) is 9.47 Å². The SMILES string of the molecule is COC12CC3C[C@H](C1)C1(CO1)[C@@H](C3)C2. The van der Waals surface area contributed by atoms with Crippen molar-refractivity contribution in [3.63, 3.8) is 0 Å². The fourth-order valence-electron chi connectivity index (χ4n) is 4.79. The van der Waals surface area contributed by atoms with Gasteiger partial charge in [-0.1, -0.05) is 0 Å². The minimum absolute atomic E-state index is 0.258. The summed E-state index contributed by atoms with van der Waals surface area (Å²) in [6.45, 7) is 1.05. The second-order valence-corrected chi connectivity index (χ2v) is 5.97. The van der Waals surface area contributed by atoms with Crippen molar-refractivity contribution in [1.82, 2.24) is 0 Å². The highest BCUT2D eigenvalue weighted by molar-refractivity contribution is 5.17. The highest BCUT2D eigenvalue weighted by atomic mass is 16.6. The Morgan fingerprint density at radius 3 is 2.29 bits per heavy atom. The van der Waals surface area contributed by atoms with E-state index in [0.717, 1.165) is 24.4 Å². The second kappa shape index (κ2) is 2.19. The summed E-state index contributed by atoms with van der Waals surface area (Å²) >= 11 is 0. The molecular weight excluding hydrogens is 176 g/mol. The fourth-order valence-corrected chi connectivity index (χ4v) is 4.79. The molecule has 4 aliphatic carbocycles. The molecule has 3 unspecified atom stereocenters. The van der Waals surface area contributed by atoms with Crippen molar-refractivity contribution < 1.29 is 9.47 Å². The van der Waals surface area contributed by atoms with Crippen molar-refractivity contribution in [2.75, 3.05) is 13.7 Å². The number of epoxide rings is 1. The maximum Gasteiger partial charge on any atom is 0.0974 e. The standard InChI is InChI=1S/C12H18O2/c1-13-11-4-8-2-9(5-11)12(7-14-12)10(3-8)6-11/h8-10H,2-7H2,1H3/t8?,9-,10+,11?,12?. The van der Waals surface area contributed by atoms with Crippen LogP contribution in [0.5, 0.6) is 0 Å². The first kappa shape index (κ1) is 8.12. The third-order valence-corrected chi connectivity index (χ3v) is 5.43. The van der Waals surface area contributed by atoms with E-state index in [1.54, 1.807) is 0 Å². The summed E-state index contributed by atoms with van der Waals surface area (Å²) < 4.78 is 11.6. The number of rotatable bonds is 1. The normalized spacial score (nSPS) is 63.6. The Morgan fingerprint density at radius 1 is 1.14 bits per heavy atom. The average molecular weight is 194 g/mol. The van der Waals surface area contributed by atoms with E-state index in [1.165, 1.54) is 32.1 Å². The van der Waals surface area contributed by atoms with Crippen LogP contribution in [0.4, 0.5) is 0 Å². The highest BCUT2D eigenvalue weighted by Gasteiger charge is 2.68. The lowest BCUT2D eigenvalue weighted by molar-refractivity contribution is -0.174. The Hall–Kier alpha value is -0.0800. The van der Waals surface area contributed by atoms with E-state index < -0.39 is 0 Å². The van der Waals surface area contributed by atoms with Crippen LogP contribution in [0, 0.1) is 17.8 Å². The van der Waals surface area contributed by atoms with Crippen LogP contribution >= 0.6 is 0 Å². The Bertz CT molecular complexity index is 264. The van der Waals surface area contributed by atoms with Crippen LogP contribution in [0.15, 0.2) is 0 Å². The minimum Gasteiger partial charge on any atom is -0.378 e. The predicted octanol–water partition coefficient (Wildman–Crippen LogP) is 1.98. The van der Waals surface area contributed by atoms with Gasteiger partial charge in [-0.3, -0.25) is 0 Å². The molecule has 14 heavy (non-hydrogen) atoms. The molecule has 78 valence electrons. The number of hydrogen-bond donors (Lipinski definition) is 0. The molecule has 0 aromatic heterocycles. The monoisotopic (exact) mass is 194 g/mol. The molecule has 1 saturated heterocycles. The van der Waals surface area contributed by atoms with Gasteiger partial charge in [0.15, 0.2) is 0 Å². The third-order valence-electron chi connectivity index (χ3n) is 5.43. The molecule has 1 spiro atoms. The number of ether oxygens (including phenoxy) is 2. The molecule has 0 aromatic carbocycles. The van der Waals surface area contributed by atoms with Gasteiger partial charge in [0.1, 0.15) is 0 Å². The van der Waals surface area contributed by atoms with Gasteiger partial charge in [0.25, 0.3) is 0 Å². The van der Waals surface area contributed by atoms with E-state index in [0.29, 0.717) is 5.60 Å². The van der Waals surface area contributed by atoms with E-state index in [-0.39, 0.29) is 5.60 Å². The molecule has 5 aliphatic rings. The smallest absolute Gasteiger partial charge is 0.0974 e. The topological polar surface area (TPSA) is 21.8 Å². The lowest BCUT2D eigenvalue weighted by Crippen LogP contribution is -2.59. The lowest BCUT2D eigenvalue weighted by atomic mass is 9.50. The molecule has 5 fully saturated rings. The van der Waals surface area contributed by atoms with Gasteiger partial charge in [-0.05, 0) is 49.9 Å². The largest absolute Gasteiger partial charge is 0.378 e. The highest BCUT2D eigenvalue weighted by Crippen LogP contribution is 2.65.